The van der Waals surface area contributed by atoms with Gasteiger partial charge < -0.3 is 10.0 Å². The molecule has 168 valence electrons. The van der Waals surface area contributed by atoms with Gasteiger partial charge in [-0.15, -0.1) is 0 Å². The Morgan fingerprint density at radius 2 is 1.87 bits per heavy atom. The molecule has 3 rings (SSSR count). The van der Waals surface area contributed by atoms with Gasteiger partial charge in [-0.05, 0) is 67.1 Å². The number of rotatable bonds is 6. The van der Waals surface area contributed by atoms with Crippen molar-refractivity contribution >= 4 is 27.5 Å². The van der Waals surface area contributed by atoms with Gasteiger partial charge in [0.15, 0.2) is 9.84 Å². The molecule has 0 bridgehead atoms. The van der Waals surface area contributed by atoms with Gasteiger partial charge in [0.1, 0.15) is 11.6 Å². The maximum atomic E-state index is 14.8. The van der Waals surface area contributed by atoms with Gasteiger partial charge in [0.05, 0.1) is 10.1 Å². The zero-order chi connectivity index (χ0) is 23.0. The number of halogens is 3. The highest BCUT2D eigenvalue weighted by atomic mass is 35.5. The van der Waals surface area contributed by atoms with Gasteiger partial charge in [0.25, 0.3) is 0 Å². The number of hydrogen-bond acceptors (Lipinski definition) is 3. The van der Waals surface area contributed by atoms with Crippen LogP contribution in [0.4, 0.5) is 13.6 Å². The number of carbonyl (C=O) groups is 1. The Balaban J connectivity index is 2.12. The molecular weight excluding hydrogens is 448 g/mol. The highest BCUT2D eigenvalue weighted by Gasteiger charge is 2.46. The van der Waals surface area contributed by atoms with E-state index in [9.17, 15) is 27.1 Å². The number of benzene rings is 2. The van der Waals surface area contributed by atoms with Crippen LogP contribution in [-0.2, 0) is 9.84 Å². The van der Waals surface area contributed by atoms with E-state index in [0.717, 1.165) is 18.2 Å². The van der Waals surface area contributed by atoms with Crippen molar-refractivity contribution in [1.29, 1.82) is 0 Å². The first-order chi connectivity index (χ1) is 14.4. The molecule has 2 aromatic rings. The Labute approximate surface area is 185 Å². The predicted molar refractivity (Wildman–Crippen MR) is 114 cm³/mol. The van der Waals surface area contributed by atoms with Crippen molar-refractivity contribution in [3.63, 3.8) is 0 Å². The number of nitrogens with zero attached hydrogens (tertiary/aromatic N) is 1. The molecule has 1 saturated heterocycles. The molecular formula is C22H24ClF2NO4S. The van der Waals surface area contributed by atoms with Crippen LogP contribution < -0.4 is 0 Å². The van der Waals surface area contributed by atoms with Gasteiger partial charge >= 0.3 is 6.09 Å². The summed E-state index contributed by atoms with van der Waals surface area (Å²) in [7, 11) is -4.18. The zero-order valence-corrected chi connectivity index (χ0v) is 18.8. The molecule has 5 nitrogen and oxygen atoms in total. The van der Waals surface area contributed by atoms with E-state index in [4.69, 9.17) is 11.6 Å². The third-order valence-electron chi connectivity index (χ3n) is 5.79. The third kappa shape index (κ3) is 4.85. The molecule has 9 heteroatoms. The molecule has 1 aliphatic heterocycles. The maximum Gasteiger partial charge on any atom is 0.407 e. The van der Waals surface area contributed by atoms with E-state index >= 15 is 0 Å². The van der Waals surface area contributed by atoms with Crippen molar-refractivity contribution in [2.24, 2.45) is 5.41 Å². The molecule has 2 aromatic carbocycles. The number of sulfone groups is 1. The van der Waals surface area contributed by atoms with E-state index in [1.54, 1.807) is 13.8 Å². The van der Waals surface area contributed by atoms with Gasteiger partial charge in [0, 0.05) is 23.2 Å². The summed E-state index contributed by atoms with van der Waals surface area (Å²) in [5.74, 6) is -1.59. The van der Waals surface area contributed by atoms with Gasteiger partial charge in [-0.3, -0.25) is 0 Å². The second-order valence-corrected chi connectivity index (χ2v) is 11.0. The molecule has 1 heterocycles. The lowest BCUT2D eigenvalue weighted by atomic mass is 9.79. The molecule has 0 aliphatic carbocycles. The van der Waals surface area contributed by atoms with E-state index in [1.807, 2.05) is 0 Å². The van der Waals surface area contributed by atoms with Gasteiger partial charge in [-0.1, -0.05) is 25.4 Å². The number of hydrogen-bond donors (Lipinski definition) is 1. The van der Waals surface area contributed by atoms with Gasteiger partial charge in [0.2, 0.25) is 0 Å². The second kappa shape index (κ2) is 8.74. The Morgan fingerprint density at radius 1 is 1.23 bits per heavy atom. The molecule has 0 saturated carbocycles. The molecule has 1 aliphatic rings. The zero-order valence-electron chi connectivity index (χ0n) is 17.2. The van der Waals surface area contributed by atoms with Crippen LogP contribution in [0.2, 0.25) is 5.02 Å². The van der Waals surface area contributed by atoms with Crippen LogP contribution >= 0.6 is 11.6 Å². The Kier molecular flexibility index (Phi) is 6.62. The van der Waals surface area contributed by atoms with Crippen LogP contribution in [-0.4, -0.2) is 37.1 Å². The first kappa shape index (κ1) is 23.5. The predicted octanol–water partition coefficient (Wildman–Crippen LogP) is 5.69. The van der Waals surface area contributed by atoms with E-state index in [1.165, 1.54) is 29.2 Å². The minimum atomic E-state index is -4.18. The van der Waals surface area contributed by atoms with Crippen LogP contribution in [0.3, 0.4) is 0 Å². The van der Waals surface area contributed by atoms with Crippen molar-refractivity contribution in [2.75, 3.05) is 6.54 Å². The Bertz CT molecular complexity index is 1070. The highest BCUT2D eigenvalue weighted by molar-refractivity contribution is 7.91. The first-order valence-electron chi connectivity index (χ1n) is 9.87. The normalized spacial score (nSPS) is 18.2. The summed E-state index contributed by atoms with van der Waals surface area (Å²) in [4.78, 5) is 12.8. The minimum Gasteiger partial charge on any atom is -0.465 e. The molecule has 2 atom stereocenters. The van der Waals surface area contributed by atoms with Crippen molar-refractivity contribution in [2.45, 2.75) is 49.3 Å². The summed E-state index contributed by atoms with van der Waals surface area (Å²) in [6.45, 7) is 3.65. The fourth-order valence-electron chi connectivity index (χ4n) is 4.50. The van der Waals surface area contributed by atoms with Gasteiger partial charge in [-0.25, -0.2) is 22.0 Å². The molecule has 1 amide bonds. The van der Waals surface area contributed by atoms with E-state index in [0.29, 0.717) is 24.4 Å². The molecule has 0 aromatic heterocycles. The summed E-state index contributed by atoms with van der Waals surface area (Å²) < 4.78 is 56.2. The summed E-state index contributed by atoms with van der Waals surface area (Å²) in [6, 6.07) is 7.83. The van der Waals surface area contributed by atoms with Crippen molar-refractivity contribution in [3.8, 4) is 0 Å². The van der Waals surface area contributed by atoms with Crippen LogP contribution in [0.1, 0.15) is 43.9 Å². The number of likely N-dealkylation sites (tertiary alicyclic amines) is 1. The molecule has 1 fully saturated rings. The summed E-state index contributed by atoms with van der Waals surface area (Å²) >= 11 is 5.89. The van der Waals surface area contributed by atoms with Crippen LogP contribution in [0, 0.1) is 17.0 Å². The van der Waals surface area contributed by atoms with Crippen molar-refractivity contribution < 1.29 is 27.1 Å². The number of carboxylic acid groups (broad SMARTS) is 1. The van der Waals surface area contributed by atoms with Crippen LogP contribution in [0.15, 0.2) is 47.4 Å². The average Bonchev–Trinajstić information content (AvgIpc) is 3.12. The lowest BCUT2D eigenvalue weighted by molar-refractivity contribution is 0.124. The fourth-order valence-corrected chi connectivity index (χ4v) is 6.86. The monoisotopic (exact) mass is 471 g/mol. The first-order valence-corrected chi connectivity index (χ1v) is 11.8. The Hall–Kier alpha value is -2.19. The summed E-state index contributed by atoms with van der Waals surface area (Å²) in [6.07, 6.45) is 0.338. The number of amides is 1. The van der Waals surface area contributed by atoms with Crippen molar-refractivity contribution in [3.05, 3.63) is 64.7 Å². The standard InChI is InChI=1S/C22H24ClF2NO4S/c1-22(2,13-16-4-3-11-26(16)21(27)28)20(18-12-15(24)7-10-19(18)25)31(29,30)17-8-5-14(23)6-9-17/h5-10,12,16,20H,3-4,11,13H2,1-2H3,(H,27,28). The van der Waals surface area contributed by atoms with E-state index in [2.05, 4.69) is 0 Å². The van der Waals surface area contributed by atoms with E-state index in [-0.39, 0.29) is 16.9 Å². The van der Waals surface area contributed by atoms with Crippen molar-refractivity contribution in [1.82, 2.24) is 4.90 Å². The maximum absolute atomic E-state index is 14.8. The lowest BCUT2D eigenvalue weighted by Crippen LogP contribution is -2.40. The van der Waals surface area contributed by atoms with E-state index < -0.39 is 44.3 Å². The molecule has 0 radical (unpaired) electrons. The largest absolute Gasteiger partial charge is 0.465 e. The summed E-state index contributed by atoms with van der Waals surface area (Å²) in [5, 5.41) is 8.37. The quantitative estimate of drug-likeness (QED) is 0.587. The van der Waals surface area contributed by atoms with Crippen LogP contribution in [0.5, 0.6) is 0 Å². The summed E-state index contributed by atoms with van der Waals surface area (Å²) in [5.41, 5.74) is -1.39. The average molecular weight is 472 g/mol. The lowest BCUT2D eigenvalue weighted by Gasteiger charge is -2.38. The molecule has 1 N–H and O–H groups in total. The second-order valence-electron chi connectivity index (χ2n) is 8.51. The van der Waals surface area contributed by atoms with Crippen LogP contribution in [0.25, 0.3) is 0 Å². The molecule has 0 spiro atoms. The molecule has 2 unspecified atom stereocenters. The Morgan fingerprint density at radius 3 is 2.48 bits per heavy atom. The topological polar surface area (TPSA) is 74.7 Å². The van der Waals surface area contributed by atoms with Gasteiger partial charge in [-0.2, -0.15) is 0 Å². The third-order valence-corrected chi connectivity index (χ3v) is 8.48. The minimum absolute atomic E-state index is 0.0693. The SMILES string of the molecule is CC(C)(CC1CCCN1C(=O)O)C(c1cc(F)ccc1F)S(=O)(=O)c1ccc(Cl)cc1. The fraction of sp³-hybridized carbons (Fsp3) is 0.409. The smallest absolute Gasteiger partial charge is 0.407 e. The highest BCUT2D eigenvalue weighted by Crippen LogP contribution is 2.48. The molecule has 31 heavy (non-hydrogen) atoms.